The first-order chi connectivity index (χ1) is 15.8. The Morgan fingerprint density at radius 2 is 1.79 bits per heavy atom. The Kier molecular flexibility index (Phi) is 6.49. The molecule has 4 rings (SSSR count). The first kappa shape index (κ1) is 22.9. The van der Waals surface area contributed by atoms with Crippen LogP contribution in [0.2, 0.25) is 10.0 Å². The number of nitrogens with zero attached hydrogens (tertiary/aromatic N) is 1. The van der Waals surface area contributed by atoms with E-state index in [1.807, 2.05) is 6.07 Å². The van der Waals surface area contributed by atoms with Gasteiger partial charge in [0.15, 0.2) is 11.5 Å². The average molecular weight is 489 g/mol. The van der Waals surface area contributed by atoms with E-state index in [-0.39, 0.29) is 18.1 Å². The van der Waals surface area contributed by atoms with Gasteiger partial charge in [-0.2, -0.15) is 5.10 Å². The third-order valence-electron chi connectivity index (χ3n) is 5.71. The van der Waals surface area contributed by atoms with Gasteiger partial charge in [0.05, 0.1) is 13.0 Å². The summed E-state index contributed by atoms with van der Waals surface area (Å²) in [6.07, 6.45) is 0. The Hall–Kier alpha value is -3.23. The number of methoxy groups -OCH3 is 1. The van der Waals surface area contributed by atoms with Crippen molar-refractivity contribution in [3.63, 3.8) is 0 Å². The number of nitrogens with one attached hydrogen (secondary N) is 3. The molecule has 1 aliphatic heterocycles. The molecule has 0 saturated carbocycles. The van der Waals surface area contributed by atoms with E-state index in [1.165, 1.54) is 7.11 Å². The van der Waals surface area contributed by atoms with Gasteiger partial charge >= 0.3 is 0 Å². The number of amides is 1. The molecule has 3 N–H and O–H groups in total. The van der Waals surface area contributed by atoms with E-state index in [9.17, 15) is 9.59 Å². The lowest BCUT2D eigenvalue weighted by Crippen LogP contribution is -2.31. The second-order valence-corrected chi connectivity index (χ2v) is 8.52. The van der Waals surface area contributed by atoms with Crippen molar-refractivity contribution in [2.75, 3.05) is 7.11 Å². The number of aromatic nitrogens is 2. The SMILES string of the molecule is COc1cc([C@H](c2c(C)[nH][nH]c2=O)[C@H]2C(=O)NN=C2C)ccc1OCc1c(Cl)cccc1Cl. The molecule has 172 valence electrons. The maximum absolute atomic E-state index is 12.6. The second kappa shape index (κ2) is 9.33. The summed E-state index contributed by atoms with van der Waals surface area (Å²) in [5.74, 6) is -0.577. The van der Waals surface area contributed by atoms with Crippen LogP contribution in [0.3, 0.4) is 0 Å². The van der Waals surface area contributed by atoms with Crippen molar-refractivity contribution in [3.8, 4) is 11.5 Å². The number of H-pyrrole nitrogens is 2. The summed E-state index contributed by atoms with van der Waals surface area (Å²) in [5, 5.41) is 10.5. The molecule has 0 aliphatic carbocycles. The minimum Gasteiger partial charge on any atom is -0.493 e. The van der Waals surface area contributed by atoms with Gasteiger partial charge in [-0.15, -0.1) is 0 Å². The largest absolute Gasteiger partial charge is 0.493 e. The van der Waals surface area contributed by atoms with Crippen molar-refractivity contribution >= 4 is 34.8 Å². The molecule has 0 radical (unpaired) electrons. The van der Waals surface area contributed by atoms with Crippen molar-refractivity contribution in [2.24, 2.45) is 11.0 Å². The van der Waals surface area contributed by atoms with Crippen LogP contribution in [0.5, 0.6) is 11.5 Å². The Bertz CT molecular complexity index is 1280. The number of carbonyl (C=O) groups excluding carboxylic acids is 1. The molecular weight excluding hydrogens is 467 g/mol. The fourth-order valence-corrected chi connectivity index (χ4v) is 4.54. The maximum Gasteiger partial charge on any atom is 0.267 e. The normalized spacial score (nSPS) is 16.3. The van der Waals surface area contributed by atoms with Crippen LogP contribution in [-0.2, 0) is 11.4 Å². The van der Waals surface area contributed by atoms with Gasteiger partial charge in [0.1, 0.15) is 6.61 Å². The number of rotatable bonds is 7. The number of aryl methyl sites for hydroxylation is 1. The number of benzene rings is 2. The van der Waals surface area contributed by atoms with Crippen molar-refractivity contribution in [2.45, 2.75) is 26.4 Å². The molecule has 3 aromatic rings. The summed E-state index contributed by atoms with van der Waals surface area (Å²) >= 11 is 12.5. The smallest absolute Gasteiger partial charge is 0.267 e. The maximum atomic E-state index is 12.6. The Labute approximate surface area is 199 Å². The average Bonchev–Trinajstić information content (AvgIpc) is 3.30. The summed E-state index contributed by atoms with van der Waals surface area (Å²) in [4.78, 5) is 25.3. The van der Waals surface area contributed by atoms with Crippen LogP contribution in [0.1, 0.15) is 35.2 Å². The number of hydrazone groups is 1. The van der Waals surface area contributed by atoms with E-state index < -0.39 is 11.8 Å². The summed E-state index contributed by atoms with van der Waals surface area (Å²) in [7, 11) is 1.52. The summed E-state index contributed by atoms with van der Waals surface area (Å²) in [6, 6.07) is 10.6. The van der Waals surface area contributed by atoms with E-state index in [2.05, 4.69) is 20.7 Å². The molecule has 33 heavy (non-hydrogen) atoms. The first-order valence-corrected chi connectivity index (χ1v) is 10.9. The predicted molar refractivity (Wildman–Crippen MR) is 127 cm³/mol. The molecule has 2 atom stereocenters. The van der Waals surface area contributed by atoms with Crippen LogP contribution < -0.4 is 20.5 Å². The number of aromatic amines is 2. The summed E-state index contributed by atoms with van der Waals surface area (Å²) in [6.45, 7) is 3.68. The van der Waals surface area contributed by atoms with E-state index >= 15 is 0 Å². The minimum absolute atomic E-state index is 0.144. The molecule has 0 saturated heterocycles. The first-order valence-electron chi connectivity index (χ1n) is 10.2. The molecule has 0 bridgehead atoms. The highest BCUT2D eigenvalue weighted by molar-refractivity contribution is 6.35. The molecule has 8 nitrogen and oxygen atoms in total. The van der Waals surface area contributed by atoms with Crippen LogP contribution in [0.15, 0.2) is 46.3 Å². The number of carbonyl (C=O) groups is 1. The van der Waals surface area contributed by atoms with Crippen LogP contribution in [-0.4, -0.2) is 28.9 Å². The quantitative estimate of drug-likeness (QED) is 0.463. The highest BCUT2D eigenvalue weighted by atomic mass is 35.5. The Morgan fingerprint density at radius 3 is 2.36 bits per heavy atom. The van der Waals surface area contributed by atoms with Crippen LogP contribution in [0, 0.1) is 12.8 Å². The monoisotopic (exact) mass is 488 g/mol. The zero-order valence-corrected chi connectivity index (χ0v) is 19.7. The number of hydrogen-bond donors (Lipinski definition) is 3. The second-order valence-electron chi connectivity index (χ2n) is 7.70. The van der Waals surface area contributed by atoms with Crippen LogP contribution >= 0.6 is 23.2 Å². The molecule has 0 unspecified atom stereocenters. The summed E-state index contributed by atoms with van der Waals surface area (Å²) in [5.41, 5.74) is 5.28. The zero-order valence-electron chi connectivity index (χ0n) is 18.2. The lowest BCUT2D eigenvalue weighted by atomic mass is 9.78. The fraction of sp³-hybridized carbons (Fsp3) is 0.261. The minimum atomic E-state index is -0.640. The highest BCUT2D eigenvalue weighted by Gasteiger charge is 2.39. The predicted octanol–water partition coefficient (Wildman–Crippen LogP) is 4.16. The van der Waals surface area contributed by atoms with E-state index in [4.69, 9.17) is 32.7 Å². The third-order valence-corrected chi connectivity index (χ3v) is 6.42. The van der Waals surface area contributed by atoms with Gasteiger partial charge in [0.25, 0.3) is 5.56 Å². The van der Waals surface area contributed by atoms with Crippen LogP contribution in [0.25, 0.3) is 0 Å². The van der Waals surface area contributed by atoms with E-state index in [1.54, 1.807) is 44.2 Å². The number of halogens is 2. The lowest BCUT2D eigenvalue weighted by Gasteiger charge is -2.23. The van der Waals surface area contributed by atoms with Gasteiger partial charge in [-0.1, -0.05) is 35.3 Å². The van der Waals surface area contributed by atoms with Gasteiger partial charge < -0.3 is 14.6 Å². The molecule has 10 heteroatoms. The van der Waals surface area contributed by atoms with E-state index in [0.29, 0.717) is 49.6 Å². The van der Waals surface area contributed by atoms with Crippen molar-refractivity contribution < 1.29 is 14.3 Å². The summed E-state index contributed by atoms with van der Waals surface area (Å²) < 4.78 is 11.5. The molecule has 2 aromatic carbocycles. The topological polar surface area (TPSA) is 109 Å². The molecule has 1 amide bonds. The Balaban J connectivity index is 1.73. The molecule has 2 heterocycles. The van der Waals surface area contributed by atoms with Gasteiger partial charge in [0, 0.05) is 38.5 Å². The molecule has 0 spiro atoms. The van der Waals surface area contributed by atoms with Gasteiger partial charge in [-0.05, 0) is 43.7 Å². The van der Waals surface area contributed by atoms with Gasteiger partial charge in [0.2, 0.25) is 5.91 Å². The fourth-order valence-electron chi connectivity index (χ4n) is 4.04. The van der Waals surface area contributed by atoms with Gasteiger partial charge in [-0.25, -0.2) is 5.43 Å². The third kappa shape index (κ3) is 4.36. The Morgan fingerprint density at radius 1 is 1.06 bits per heavy atom. The number of ether oxygens (including phenoxy) is 2. The van der Waals surface area contributed by atoms with Crippen molar-refractivity contribution in [1.29, 1.82) is 0 Å². The molecule has 0 fully saturated rings. The highest BCUT2D eigenvalue weighted by Crippen LogP contribution is 2.39. The molecule has 1 aliphatic rings. The van der Waals surface area contributed by atoms with Gasteiger partial charge in [-0.3, -0.25) is 14.7 Å². The number of hydrogen-bond acceptors (Lipinski definition) is 5. The van der Waals surface area contributed by atoms with Crippen LogP contribution in [0.4, 0.5) is 0 Å². The van der Waals surface area contributed by atoms with E-state index in [0.717, 1.165) is 0 Å². The van der Waals surface area contributed by atoms with Crippen molar-refractivity contribution in [1.82, 2.24) is 15.6 Å². The lowest BCUT2D eigenvalue weighted by molar-refractivity contribution is -0.122. The molecule has 1 aromatic heterocycles. The molecular formula is C23H22Cl2N4O4. The van der Waals surface area contributed by atoms with Crippen molar-refractivity contribution in [3.05, 3.63) is 79.2 Å². The zero-order chi connectivity index (χ0) is 23.7. The standard InChI is InChI=1S/C23H22Cl2N4O4/c1-11-19(22(30)28-26-11)21(20-12(2)27-29-23(20)31)13-7-8-17(18(9-13)32-3)33-10-14-15(24)5-4-6-16(14)25/h4-9,19,21H,10H2,1-3H3,(H,28,30)(H2,27,29,31)/t19-,21-/m0/s1.